The van der Waals surface area contributed by atoms with Gasteiger partial charge in [-0.05, 0) is 51.4 Å². The van der Waals surface area contributed by atoms with Gasteiger partial charge in [0.2, 0.25) is 41.4 Å². The highest BCUT2D eigenvalue weighted by atomic mass is 19.4. The maximum atomic E-state index is 14.0. The Kier molecular flexibility index (Phi) is 64.8. The van der Waals surface area contributed by atoms with Gasteiger partial charge in [0.25, 0.3) is 0 Å². The summed E-state index contributed by atoms with van der Waals surface area (Å²) in [6.45, 7) is 5.44. The monoisotopic (exact) mass is 1540 g/mol. The average molecular weight is 1540 g/mol. The highest BCUT2D eigenvalue weighted by molar-refractivity contribution is 5.99. The van der Waals surface area contributed by atoms with Crippen molar-refractivity contribution in [2.75, 3.05) is 45.8 Å². The molecule has 0 aliphatic heterocycles. The third kappa shape index (κ3) is 71.2. The van der Waals surface area contributed by atoms with Gasteiger partial charge in [-0.3, -0.25) is 48.5 Å². The van der Waals surface area contributed by atoms with E-state index >= 15 is 0 Å². The second kappa shape index (κ2) is 66.1. The molecule has 0 aromatic rings. The molecule has 3 atom stereocenters. The first kappa shape index (κ1) is 104. The van der Waals surface area contributed by atoms with Crippen LogP contribution in [0.25, 0.3) is 0 Å². The first-order valence-electron chi connectivity index (χ1n) is 36.6. The van der Waals surface area contributed by atoms with E-state index in [9.17, 15) is 73.1 Å². The van der Waals surface area contributed by atoms with E-state index in [0.717, 1.165) is 63.5 Å². The molecule has 29 nitrogen and oxygen atoms in total. The molecule has 0 aromatic heterocycles. The van der Waals surface area contributed by atoms with Gasteiger partial charge >= 0.3 is 36.4 Å². The van der Waals surface area contributed by atoms with Crippen molar-refractivity contribution in [3.63, 3.8) is 0 Å². The molecule has 0 rings (SSSR count). The van der Waals surface area contributed by atoms with Crippen molar-refractivity contribution < 1.29 is 103 Å². The van der Waals surface area contributed by atoms with Gasteiger partial charge < -0.3 is 86.9 Å². The molecule has 0 aromatic carbocycles. The predicted molar refractivity (Wildman–Crippen MR) is 387 cm³/mol. The molecule has 0 radical (unpaired) electrons. The number of hydrogen-bond donors (Lipinski definition) is 15. The summed E-state index contributed by atoms with van der Waals surface area (Å²) in [5.41, 5.74) is 38.4. The minimum atomic E-state index is -5.08. The maximum absolute atomic E-state index is 14.0. The van der Waals surface area contributed by atoms with Crippen LogP contribution in [0.5, 0.6) is 0 Å². The number of nitrogens with zero attached hydrogens (tertiary/aromatic N) is 4. The summed E-state index contributed by atoms with van der Waals surface area (Å²) in [6.07, 6.45) is 25.4. The lowest BCUT2D eigenvalue weighted by Gasteiger charge is -2.24. The van der Waals surface area contributed by atoms with Gasteiger partial charge in [0, 0.05) is 70.8 Å². The summed E-state index contributed by atoms with van der Waals surface area (Å²) in [4.78, 5) is 133. The average Bonchev–Trinajstić information content (AvgIpc) is 0.872. The number of carboxylic acid groups (broad SMARTS) is 3. The van der Waals surface area contributed by atoms with Gasteiger partial charge in [0.1, 0.15) is 18.1 Å². The van der Waals surface area contributed by atoms with Gasteiger partial charge in [-0.1, -0.05) is 194 Å². The second-order valence-corrected chi connectivity index (χ2v) is 25.1. The van der Waals surface area contributed by atoms with E-state index in [2.05, 4.69) is 55.4 Å². The zero-order valence-electron chi connectivity index (χ0n) is 61.9. The number of rotatable bonds is 58. The van der Waals surface area contributed by atoms with Crippen LogP contribution in [0.3, 0.4) is 0 Å². The van der Waals surface area contributed by atoms with Crippen molar-refractivity contribution in [1.29, 1.82) is 0 Å². The van der Waals surface area contributed by atoms with Crippen molar-refractivity contribution in [3.8, 4) is 0 Å². The number of aliphatic imine (C=N–C) groups is 3. The van der Waals surface area contributed by atoms with E-state index in [-0.39, 0.29) is 108 Å². The normalized spacial score (nSPS) is 12.0. The molecule has 0 aliphatic rings. The van der Waals surface area contributed by atoms with E-state index in [0.29, 0.717) is 19.3 Å². The molecule has 7 amide bonds. The van der Waals surface area contributed by atoms with Crippen molar-refractivity contribution in [2.24, 2.45) is 55.1 Å². The summed E-state index contributed by atoms with van der Waals surface area (Å²) >= 11 is 0. The van der Waals surface area contributed by atoms with Crippen molar-refractivity contribution in [3.05, 3.63) is 12.2 Å². The highest BCUT2D eigenvalue weighted by Crippen LogP contribution is 2.18. The van der Waals surface area contributed by atoms with E-state index in [1.165, 1.54) is 146 Å². The van der Waals surface area contributed by atoms with E-state index in [1.54, 1.807) is 0 Å². The van der Waals surface area contributed by atoms with Crippen LogP contribution < -0.4 is 66.7 Å². The molecular formula is C68H123F9N16O13. The SMILES string of the molecule is CCCCCCCCCCCCCCCCCC(=O)NCCN(CCNC(=O)CCCCCCCCCCCCCCCCC)C(=O)/C=C\C(=O)N[C@@H](CCCN=C(N)N)C(=O)N[C@@H](CCCN=C(N)N)C(=O)N[C@@H](CCCN=C(N)N)C(N)=O.O=C(O)C(F)(F)F.O=C(O)C(F)(F)F.O=C(O)C(F)(F)F. The third-order valence-corrected chi connectivity index (χ3v) is 15.6. The zero-order chi connectivity index (χ0) is 81.2. The largest absolute Gasteiger partial charge is 0.490 e. The zero-order valence-corrected chi connectivity index (χ0v) is 61.9. The smallest absolute Gasteiger partial charge is 0.475 e. The number of alkyl halides is 9. The minimum Gasteiger partial charge on any atom is -0.475 e. The molecule has 22 N–H and O–H groups in total. The van der Waals surface area contributed by atoms with Crippen molar-refractivity contribution in [2.45, 2.75) is 294 Å². The standard InChI is InChI=1S/C62H120N16O7.3C2HF3O2/c1-3-5-7-9-11-13-15-17-19-21-23-25-27-29-31-39-53(79)70-46-48-78(49-47-71-54(80)40-32-30-28-26-24-22-20-18-16-14-12-10-8-6-4-2)56(82)42-41-55(81)75-51(37-34-44-73-61(66)67)58(84)77-52(38-35-45-74-62(68)69)59(85)76-50(57(63)83)36-33-43-72-60(64)65;3*3-2(4,5)1(6)7/h41-42,50-52H,3-40,43-49H2,1-2H3,(H2,63,83)(H,70,79)(H,71,80)(H,75,81)(H,76,85)(H,77,84)(H4,64,65,72)(H4,66,67,73)(H4,68,69,74);3*(H,6,7)/b42-41-;;;/t50-,51-,52-;;;/m0.../s1. The number of carbonyl (C=O) groups excluding carboxylic acids is 7. The molecular weight excluding hydrogens is 1420 g/mol. The van der Waals surface area contributed by atoms with Crippen LogP contribution in [0.4, 0.5) is 39.5 Å². The first-order valence-corrected chi connectivity index (χ1v) is 36.6. The molecule has 616 valence electrons. The Morgan fingerprint density at radius 1 is 0.368 bits per heavy atom. The fourth-order valence-corrected chi connectivity index (χ4v) is 9.83. The van der Waals surface area contributed by atoms with Crippen molar-refractivity contribution >= 4 is 77.1 Å². The topological polar surface area (TPSA) is 514 Å². The number of nitrogens with two attached hydrogens (primary N) is 7. The molecule has 0 fully saturated rings. The number of hydrogen-bond acceptors (Lipinski definition) is 13. The number of aliphatic carboxylic acids is 3. The first-order chi connectivity index (χ1) is 49.8. The lowest BCUT2D eigenvalue weighted by molar-refractivity contribution is -0.193. The Labute approximate surface area is 617 Å². The van der Waals surface area contributed by atoms with Crippen LogP contribution >= 0.6 is 0 Å². The molecule has 0 aliphatic carbocycles. The van der Waals surface area contributed by atoms with Crippen LogP contribution in [0, 0.1) is 0 Å². The molecule has 0 saturated heterocycles. The lowest BCUT2D eigenvalue weighted by Crippen LogP contribution is -2.56. The molecule has 0 spiro atoms. The van der Waals surface area contributed by atoms with Gasteiger partial charge in [0.05, 0.1) is 0 Å². The Bertz CT molecular complexity index is 2450. The van der Waals surface area contributed by atoms with Gasteiger partial charge in [-0.15, -0.1) is 0 Å². The highest BCUT2D eigenvalue weighted by Gasteiger charge is 2.40. The Morgan fingerprint density at radius 3 is 0.868 bits per heavy atom. The minimum absolute atomic E-state index is 0.0114. The number of halogens is 9. The van der Waals surface area contributed by atoms with Crippen LogP contribution in [0.2, 0.25) is 0 Å². The maximum Gasteiger partial charge on any atom is 0.490 e. The molecule has 38 heteroatoms. The lowest BCUT2D eigenvalue weighted by atomic mass is 10.0. The molecule has 106 heavy (non-hydrogen) atoms. The number of carboxylic acids is 3. The van der Waals surface area contributed by atoms with Crippen LogP contribution in [-0.2, 0) is 47.9 Å². The number of guanidine groups is 3. The number of carbonyl (C=O) groups is 10. The van der Waals surface area contributed by atoms with E-state index in [4.69, 9.17) is 69.8 Å². The summed E-state index contributed by atoms with van der Waals surface area (Å²) in [5, 5.41) is 35.1. The van der Waals surface area contributed by atoms with Gasteiger partial charge in [0.15, 0.2) is 17.9 Å². The Balaban J connectivity index is -0.00000213. The summed E-state index contributed by atoms with van der Waals surface area (Å²) in [5.74, 6) is -12.6. The van der Waals surface area contributed by atoms with Crippen LogP contribution in [-0.4, -0.2) is 180 Å². The number of unbranched alkanes of at least 4 members (excludes halogenated alkanes) is 28. The quantitative estimate of drug-likeness (QED) is 0.00898. The number of nitrogens with one attached hydrogen (secondary N) is 5. The Morgan fingerprint density at radius 2 is 0.613 bits per heavy atom. The number of primary amides is 1. The van der Waals surface area contributed by atoms with Crippen LogP contribution in [0.1, 0.15) is 258 Å². The molecule has 0 unspecified atom stereocenters. The molecule has 0 heterocycles. The molecule has 0 bridgehead atoms. The molecule has 0 saturated carbocycles. The second-order valence-electron chi connectivity index (χ2n) is 25.1. The summed E-state index contributed by atoms with van der Waals surface area (Å²) in [6, 6.07) is -3.62. The Hall–Kier alpha value is -8.38. The summed E-state index contributed by atoms with van der Waals surface area (Å²) < 4.78 is 95.2. The fraction of sp³-hybridized carbons (Fsp3) is 0.779. The fourth-order valence-electron chi connectivity index (χ4n) is 9.83. The van der Waals surface area contributed by atoms with Crippen molar-refractivity contribution in [1.82, 2.24) is 31.5 Å². The third-order valence-electron chi connectivity index (χ3n) is 15.6. The predicted octanol–water partition coefficient (Wildman–Crippen LogP) is 8.13. The van der Waals surface area contributed by atoms with E-state index < -0.39 is 84.1 Å². The van der Waals surface area contributed by atoms with E-state index in [1.807, 2.05) is 0 Å². The van der Waals surface area contributed by atoms with Gasteiger partial charge in [-0.2, -0.15) is 39.5 Å². The van der Waals surface area contributed by atoms with Crippen LogP contribution in [0.15, 0.2) is 27.1 Å². The van der Waals surface area contributed by atoms with Gasteiger partial charge in [-0.25, -0.2) is 14.4 Å². The summed E-state index contributed by atoms with van der Waals surface area (Å²) in [7, 11) is 0. The number of amides is 7.